The molecular formula is C31H41F3N6O16P2. The van der Waals surface area contributed by atoms with E-state index in [-0.39, 0.29) is 28.8 Å². The molecule has 2 aliphatic heterocycles. The van der Waals surface area contributed by atoms with Crippen molar-refractivity contribution in [2.75, 3.05) is 38.6 Å². The fraction of sp³-hybridized carbons (Fsp3) is 0.548. The van der Waals surface area contributed by atoms with Gasteiger partial charge in [-0.2, -0.15) is 17.5 Å². The van der Waals surface area contributed by atoms with Crippen molar-refractivity contribution in [3.63, 3.8) is 0 Å². The average molecular weight is 873 g/mol. The summed E-state index contributed by atoms with van der Waals surface area (Å²) in [5.74, 6) is -0.254. The predicted molar refractivity (Wildman–Crippen MR) is 191 cm³/mol. The number of aromatic nitrogens is 4. The zero-order chi connectivity index (χ0) is 42.7. The Labute approximate surface area is 325 Å². The third-order valence-electron chi connectivity index (χ3n) is 8.94. The quantitative estimate of drug-likeness (QED) is 0.0693. The van der Waals surface area contributed by atoms with E-state index in [0.29, 0.717) is 0 Å². The molecule has 27 heteroatoms. The minimum atomic E-state index is -5.50. The van der Waals surface area contributed by atoms with Crippen molar-refractivity contribution in [1.29, 1.82) is 0 Å². The van der Waals surface area contributed by atoms with Gasteiger partial charge < -0.3 is 59.5 Å². The van der Waals surface area contributed by atoms with Crippen molar-refractivity contribution >= 4 is 43.6 Å². The number of nitrogens with two attached hydrogens (primary N) is 1. The summed E-state index contributed by atoms with van der Waals surface area (Å²) in [5, 5.41) is 41.2. The number of phosphoric acid groups is 2. The molecule has 22 nitrogen and oxygen atoms in total. The summed E-state index contributed by atoms with van der Waals surface area (Å²) in [4.78, 5) is 45.9. The van der Waals surface area contributed by atoms with Crippen LogP contribution in [0.5, 0.6) is 5.75 Å². The van der Waals surface area contributed by atoms with Gasteiger partial charge in [0.2, 0.25) is 6.29 Å². The molecule has 0 radical (unpaired) electrons. The number of hydrogen-bond donors (Lipinski definition) is 7. The number of imidazole rings is 1. The van der Waals surface area contributed by atoms with E-state index in [4.69, 9.17) is 24.4 Å². The molecule has 2 saturated heterocycles. The number of anilines is 1. The third-order valence-corrected chi connectivity index (χ3v) is 11.5. The Morgan fingerprint density at radius 2 is 1.48 bits per heavy atom. The highest BCUT2D eigenvalue weighted by atomic mass is 31.3. The molecule has 5 heterocycles. The highest BCUT2D eigenvalue weighted by Gasteiger charge is 2.48. The van der Waals surface area contributed by atoms with Crippen LogP contribution >= 0.6 is 15.6 Å². The van der Waals surface area contributed by atoms with Gasteiger partial charge in [-0.05, 0) is 31.8 Å². The molecule has 0 bridgehead atoms. The van der Waals surface area contributed by atoms with Crippen LogP contribution in [0.3, 0.4) is 0 Å². The number of nitrogens with zero attached hydrogens (tertiary/aromatic N) is 5. The van der Waals surface area contributed by atoms with Gasteiger partial charge in [0.1, 0.15) is 59.8 Å². The van der Waals surface area contributed by atoms with Crippen molar-refractivity contribution < 1.29 is 84.5 Å². The lowest BCUT2D eigenvalue weighted by Crippen LogP contribution is -2.35. The van der Waals surface area contributed by atoms with E-state index in [1.165, 1.54) is 30.5 Å². The van der Waals surface area contributed by atoms with E-state index < -0.39 is 106 Å². The molecule has 58 heavy (non-hydrogen) atoms. The number of halogens is 3. The summed E-state index contributed by atoms with van der Waals surface area (Å²) in [7, 11) is -11.0. The van der Waals surface area contributed by atoms with Crippen LogP contribution in [-0.2, 0) is 38.1 Å². The fourth-order valence-electron chi connectivity index (χ4n) is 5.87. The van der Waals surface area contributed by atoms with Gasteiger partial charge in [0.05, 0.1) is 25.1 Å². The lowest BCUT2D eigenvalue weighted by molar-refractivity contribution is -0.136. The van der Waals surface area contributed by atoms with E-state index in [1.54, 1.807) is 0 Å². The number of benzene rings is 1. The molecular weight excluding hydrogens is 831 g/mol. The Bertz CT molecular complexity index is 2190. The van der Waals surface area contributed by atoms with E-state index in [0.717, 1.165) is 24.5 Å². The number of hydrogen-bond acceptors (Lipinski definition) is 19. The van der Waals surface area contributed by atoms with Crippen LogP contribution in [0, 0.1) is 0 Å². The molecule has 1 aromatic carbocycles. The molecule has 8 N–H and O–H groups in total. The summed E-state index contributed by atoms with van der Waals surface area (Å²) in [6.07, 6.45) is -15.8. The largest absolute Gasteiger partial charge is 0.481 e. The second kappa shape index (κ2) is 18.3. The molecule has 3 aromatic heterocycles. The van der Waals surface area contributed by atoms with Gasteiger partial charge in [-0.15, -0.1) is 0 Å². The number of nitrogen functional groups attached to an aromatic ring is 1. The highest BCUT2D eigenvalue weighted by Crippen LogP contribution is 2.60. The fourth-order valence-corrected chi connectivity index (χ4v) is 7.96. The molecule has 0 aliphatic carbocycles. The number of aliphatic hydroxyl groups excluding tert-OH is 4. The molecule has 2 aliphatic rings. The number of fused-ring (bicyclic) bond motifs is 2. The SMILES string of the molecule is CCN(CC)CC.Nc1ncnc2c1ncn2C1OC(COP(=O)(O)OP(=O)(O)OCC2OC(Oc3ccc4c(C(F)(F)F)cc(=O)oc4c3)C(O)C2O)C(O)C1O. The normalized spacial score (nSPS) is 27.1. The minimum absolute atomic E-state index is 0.0194. The Morgan fingerprint density at radius 1 is 0.879 bits per heavy atom. The topological polar surface area (TPSA) is 314 Å². The van der Waals surface area contributed by atoms with Crippen molar-refractivity contribution in [2.24, 2.45) is 0 Å². The Hall–Kier alpha value is -3.65. The van der Waals surface area contributed by atoms with Crippen LogP contribution in [0.4, 0.5) is 19.0 Å². The Kier molecular flexibility index (Phi) is 14.3. The monoisotopic (exact) mass is 872 g/mol. The number of ether oxygens (including phenoxy) is 3. The molecule has 2 fully saturated rings. The van der Waals surface area contributed by atoms with Crippen molar-refractivity contribution in [3.05, 3.63) is 52.9 Å². The third kappa shape index (κ3) is 10.6. The zero-order valence-corrected chi connectivity index (χ0v) is 32.5. The lowest BCUT2D eigenvalue weighted by Gasteiger charge is -2.20. The lowest BCUT2D eigenvalue weighted by atomic mass is 10.1. The summed E-state index contributed by atoms with van der Waals surface area (Å²) >= 11 is 0. The maximum absolute atomic E-state index is 13.3. The van der Waals surface area contributed by atoms with Crippen LogP contribution in [0.15, 0.2) is 46.1 Å². The standard InChI is InChI=1S/C25H26F3N5O16P2.C6H15N/c26-25(27,28)11-4-15(34)46-12-3-9(1-2-10(11)12)45-24-20(38)18(36)14(48-24)6-44-51(41,42)49-50(39,40)43-5-13-17(35)19(37)23(47-13)33-8-32-16-21(29)30-7-31-22(16)33;1-4-7(5-2)6-3/h1-4,7-8,13-14,17-20,23-24,35-38H,5-6H2,(H,39,40)(H,41,42)(H2,29,30,31);4-6H2,1-3H3. The molecule has 10 unspecified atom stereocenters. The second-order valence-electron chi connectivity index (χ2n) is 12.6. The summed E-state index contributed by atoms with van der Waals surface area (Å²) in [6.45, 7) is 8.11. The molecule has 0 saturated carbocycles. The number of alkyl halides is 3. The van der Waals surface area contributed by atoms with Crippen molar-refractivity contribution in [3.8, 4) is 5.75 Å². The average Bonchev–Trinajstić information content (AvgIpc) is 3.79. The van der Waals surface area contributed by atoms with Gasteiger partial charge in [0.25, 0.3) is 0 Å². The van der Waals surface area contributed by atoms with E-state index in [2.05, 4.69) is 54.0 Å². The maximum Gasteiger partial charge on any atom is 0.481 e. The van der Waals surface area contributed by atoms with Crippen molar-refractivity contribution in [2.45, 2.75) is 76.1 Å². The van der Waals surface area contributed by atoms with E-state index in [1.807, 2.05) is 0 Å². The van der Waals surface area contributed by atoms with Gasteiger partial charge in [0.15, 0.2) is 17.7 Å². The van der Waals surface area contributed by atoms with Crippen LogP contribution in [0.2, 0.25) is 0 Å². The molecule has 4 aromatic rings. The molecule has 6 rings (SSSR count). The summed E-state index contributed by atoms with van der Waals surface area (Å²) < 4.78 is 101. The second-order valence-corrected chi connectivity index (χ2v) is 15.7. The number of rotatable bonds is 14. The molecule has 10 atom stereocenters. The van der Waals surface area contributed by atoms with Crippen molar-refractivity contribution in [1.82, 2.24) is 24.4 Å². The minimum Gasteiger partial charge on any atom is -0.462 e. The maximum atomic E-state index is 13.3. The van der Waals surface area contributed by atoms with E-state index in [9.17, 15) is 57.3 Å². The smallest absolute Gasteiger partial charge is 0.462 e. The Balaban J connectivity index is 0.000000839. The Morgan fingerprint density at radius 3 is 2.07 bits per heavy atom. The first kappa shape index (κ1) is 45.4. The van der Waals surface area contributed by atoms with Gasteiger partial charge >= 0.3 is 27.4 Å². The van der Waals surface area contributed by atoms with E-state index >= 15 is 0 Å². The number of aliphatic hydroxyl groups is 4. The first-order valence-electron chi connectivity index (χ1n) is 17.3. The summed E-state index contributed by atoms with van der Waals surface area (Å²) in [5.41, 5.74) is 2.94. The first-order valence-corrected chi connectivity index (χ1v) is 20.3. The van der Waals surface area contributed by atoms with Gasteiger partial charge in [0, 0.05) is 17.5 Å². The van der Waals surface area contributed by atoms with Crippen LogP contribution in [0.1, 0.15) is 32.6 Å². The highest BCUT2D eigenvalue weighted by molar-refractivity contribution is 7.61. The van der Waals surface area contributed by atoms with Crippen LogP contribution in [0.25, 0.3) is 22.1 Å². The first-order chi connectivity index (χ1) is 27.2. The molecule has 0 spiro atoms. The van der Waals surface area contributed by atoms with Crippen LogP contribution in [-0.4, -0.2) is 130 Å². The predicted octanol–water partition coefficient (Wildman–Crippen LogP) is 1.28. The van der Waals surface area contributed by atoms with Gasteiger partial charge in [-0.1, -0.05) is 20.8 Å². The summed E-state index contributed by atoms with van der Waals surface area (Å²) in [6, 6.07) is 3.12. The zero-order valence-electron chi connectivity index (χ0n) is 30.7. The molecule has 0 amide bonds. The van der Waals surface area contributed by atoms with Crippen LogP contribution < -0.4 is 16.1 Å². The molecule has 322 valence electrons. The van der Waals surface area contributed by atoms with Gasteiger partial charge in [-0.25, -0.2) is 28.9 Å². The van der Waals surface area contributed by atoms with Gasteiger partial charge in [-0.3, -0.25) is 13.6 Å². The number of phosphoric ester groups is 2.